The maximum absolute atomic E-state index is 11.7. The van der Waals surface area contributed by atoms with Crippen molar-refractivity contribution in [2.24, 2.45) is 0 Å². The van der Waals surface area contributed by atoms with Crippen LogP contribution < -0.4 is 5.32 Å². The summed E-state index contributed by atoms with van der Waals surface area (Å²) in [6.45, 7) is 7.27. The molecule has 1 saturated heterocycles. The van der Waals surface area contributed by atoms with Gasteiger partial charge in [-0.25, -0.2) is 4.79 Å². The number of amides is 3. The molecule has 7 nitrogen and oxygen atoms in total. The van der Waals surface area contributed by atoms with Crippen LogP contribution in [0.2, 0.25) is 0 Å². The monoisotopic (exact) mass is 299 g/mol. The quantitative estimate of drug-likeness (QED) is 0.806. The molecule has 0 unspecified atom stereocenters. The fourth-order valence-electron chi connectivity index (χ4n) is 2.52. The zero-order chi connectivity index (χ0) is 15.8. The van der Waals surface area contributed by atoms with Gasteiger partial charge in [0, 0.05) is 46.1 Å². The molecule has 120 valence electrons. The van der Waals surface area contributed by atoms with E-state index in [0.717, 1.165) is 12.8 Å². The van der Waals surface area contributed by atoms with Crippen LogP contribution in [-0.4, -0.2) is 66.5 Å². The first kappa shape index (κ1) is 17.3. The highest BCUT2D eigenvalue weighted by Gasteiger charge is 2.28. The topological polar surface area (TPSA) is 79.0 Å². The first-order valence-corrected chi connectivity index (χ1v) is 7.39. The lowest BCUT2D eigenvalue weighted by atomic mass is 10.0. The Kier molecular flexibility index (Phi) is 6.98. The maximum Gasteiger partial charge on any atom is 0.409 e. The summed E-state index contributed by atoms with van der Waals surface area (Å²) in [6, 6.07) is 0.113. The minimum atomic E-state index is -0.288. The van der Waals surface area contributed by atoms with Crippen molar-refractivity contribution in [3.05, 3.63) is 0 Å². The van der Waals surface area contributed by atoms with Crippen LogP contribution in [0.1, 0.15) is 33.6 Å². The van der Waals surface area contributed by atoms with Crippen LogP contribution in [0.4, 0.5) is 4.79 Å². The Balaban J connectivity index is 2.46. The minimum Gasteiger partial charge on any atom is -0.450 e. The Morgan fingerprint density at radius 1 is 1.24 bits per heavy atom. The first-order chi connectivity index (χ1) is 9.95. The van der Waals surface area contributed by atoms with Crippen molar-refractivity contribution in [3.63, 3.8) is 0 Å². The van der Waals surface area contributed by atoms with Crippen molar-refractivity contribution in [1.29, 1.82) is 0 Å². The number of nitrogens with zero attached hydrogens (tertiary/aromatic N) is 2. The van der Waals surface area contributed by atoms with Crippen LogP contribution in [0, 0.1) is 0 Å². The number of rotatable bonds is 5. The summed E-state index contributed by atoms with van der Waals surface area (Å²) in [7, 11) is 0. The van der Waals surface area contributed by atoms with E-state index in [4.69, 9.17) is 4.74 Å². The first-order valence-electron chi connectivity index (χ1n) is 7.39. The van der Waals surface area contributed by atoms with E-state index in [9.17, 15) is 14.4 Å². The van der Waals surface area contributed by atoms with Crippen LogP contribution in [-0.2, 0) is 14.3 Å². The number of hydrogen-bond donors (Lipinski definition) is 1. The normalized spacial score (nSPS) is 15.5. The highest BCUT2D eigenvalue weighted by atomic mass is 16.6. The highest BCUT2D eigenvalue weighted by molar-refractivity contribution is 5.74. The average Bonchev–Trinajstić information content (AvgIpc) is 2.43. The van der Waals surface area contributed by atoms with Gasteiger partial charge < -0.3 is 19.9 Å². The van der Waals surface area contributed by atoms with E-state index in [2.05, 4.69) is 5.32 Å². The zero-order valence-electron chi connectivity index (χ0n) is 13.1. The van der Waals surface area contributed by atoms with E-state index in [1.54, 1.807) is 16.7 Å². The lowest BCUT2D eigenvalue weighted by Gasteiger charge is -2.37. The molecule has 3 amide bonds. The number of hydrogen-bond acceptors (Lipinski definition) is 4. The Labute approximate surface area is 125 Å². The molecule has 1 fully saturated rings. The predicted molar refractivity (Wildman–Crippen MR) is 77.7 cm³/mol. The lowest BCUT2D eigenvalue weighted by molar-refractivity contribution is -0.132. The summed E-state index contributed by atoms with van der Waals surface area (Å²) in [5.74, 6) is -0.106. The summed E-state index contributed by atoms with van der Waals surface area (Å²) in [5, 5.41) is 2.70. The molecule has 0 bridgehead atoms. The number of carbonyl (C=O) groups is 3. The number of piperidine rings is 1. The molecule has 21 heavy (non-hydrogen) atoms. The number of nitrogens with one attached hydrogen (secondary N) is 1. The smallest absolute Gasteiger partial charge is 0.409 e. The SMILES string of the molecule is CCOC(=O)N1CCC(N(CCNC(C)=O)C(C)=O)CC1. The predicted octanol–water partition coefficient (Wildman–Crippen LogP) is 0.592. The second-order valence-electron chi connectivity index (χ2n) is 5.11. The molecule has 1 heterocycles. The number of likely N-dealkylation sites (tertiary alicyclic amines) is 1. The van der Waals surface area contributed by atoms with Gasteiger partial charge in [-0.2, -0.15) is 0 Å². The molecule has 1 N–H and O–H groups in total. The lowest BCUT2D eigenvalue weighted by Crippen LogP contribution is -2.50. The largest absolute Gasteiger partial charge is 0.450 e. The summed E-state index contributed by atoms with van der Waals surface area (Å²) in [5.41, 5.74) is 0. The molecule has 0 aromatic carbocycles. The molecule has 0 atom stereocenters. The van der Waals surface area contributed by atoms with Gasteiger partial charge in [-0.3, -0.25) is 9.59 Å². The molecule has 0 spiro atoms. The van der Waals surface area contributed by atoms with Crippen molar-refractivity contribution >= 4 is 17.9 Å². The molecule has 1 aliphatic rings. The molecule has 1 aliphatic heterocycles. The standard InChI is InChI=1S/C14H25N3O4/c1-4-21-14(20)16-8-5-13(6-9-16)17(12(3)19)10-7-15-11(2)18/h13H,4-10H2,1-3H3,(H,15,18). The summed E-state index contributed by atoms with van der Waals surface area (Å²) in [6.07, 6.45) is 1.18. The van der Waals surface area contributed by atoms with Crippen LogP contribution in [0.3, 0.4) is 0 Å². The van der Waals surface area contributed by atoms with E-state index in [1.165, 1.54) is 13.8 Å². The van der Waals surface area contributed by atoms with Gasteiger partial charge in [-0.1, -0.05) is 0 Å². The van der Waals surface area contributed by atoms with Crippen molar-refractivity contribution in [3.8, 4) is 0 Å². The maximum atomic E-state index is 11.7. The van der Waals surface area contributed by atoms with Gasteiger partial charge in [-0.15, -0.1) is 0 Å². The third kappa shape index (κ3) is 5.61. The Bertz CT molecular complexity index is 378. The highest BCUT2D eigenvalue weighted by Crippen LogP contribution is 2.17. The Morgan fingerprint density at radius 3 is 2.33 bits per heavy atom. The van der Waals surface area contributed by atoms with Crippen LogP contribution in [0.5, 0.6) is 0 Å². The third-order valence-corrected chi connectivity index (χ3v) is 3.56. The molecule has 1 rings (SSSR count). The second kappa shape index (κ2) is 8.49. The summed E-state index contributed by atoms with van der Waals surface area (Å²) in [4.78, 5) is 37.7. The fraction of sp³-hybridized carbons (Fsp3) is 0.786. The molecular formula is C14H25N3O4. The summed E-state index contributed by atoms with van der Waals surface area (Å²) < 4.78 is 4.97. The number of ether oxygens (including phenoxy) is 1. The van der Waals surface area contributed by atoms with Gasteiger partial charge in [0.2, 0.25) is 11.8 Å². The third-order valence-electron chi connectivity index (χ3n) is 3.56. The van der Waals surface area contributed by atoms with E-state index >= 15 is 0 Å². The molecule has 0 radical (unpaired) electrons. The molecule has 0 saturated carbocycles. The zero-order valence-corrected chi connectivity index (χ0v) is 13.1. The van der Waals surface area contributed by atoms with Gasteiger partial charge in [-0.05, 0) is 19.8 Å². The van der Waals surface area contributed by atoms with Gasteiger partial charge in [0.1, 0.15) is 0 Å². The van der Waals surface area contributed by atoms with Crippen molar-refractivity contribution < 1.29 is 19.1 Å². The van der Waals surface area contributed by atoms with Gasteiger partial charge >= 0.3 is 6.09 Å². The van der Waals surface area contributed by atoms with E-state index in [1.807, 2.05) is 0 Å². The van der Waals surface area contributed by atoms with Crippen molar-refractivity contribution in [1.82, 2.24) is 15.1 Å². The van der Waals surface area contributed by atoms with E-state index in [-0.39, 0.29) is 23.9 Å². The molecule has 0 aromatic rings. The van der Waals surface area contributed by atoms with Crippen molar-refractivity contribution in [2.45, 2.75) is 39.7 Å². The van der Waals surface area contributed by atoms with Crippen molar-refractivity contribution in [2.75, 3.05) is 32.8 Å². The molecule has 7 heteroatoms. The minimum absolute atomic E-state index is 0.00469. The summed E-state index contributed by atoms with van der Waals surface area (Å²) >= 11 is 0. The molecular weight excluding hydrogens is 274 g/mol. The van der Waals surface area contributed by atoms with Crippen LogP contribution >= 0.6 is 0 Å². The Morgan fingerprint density at radius 2 is 1.86 bits per heavy atom. The second-order valence-corrected chi connectivity index (χ2v) is 5.11. The van der Waals surface area contributed by atoms with Gasteiger partial charge in [0.05, 0.1) is 6.61 Å². The molecule has 0 aliphatic carbocycles. The van der Waals surface area contributed by atoms with Crippen LogP contribution in [0.15, 0.2) is 0 Å². The van der Waals surface area contributed by atoms with E-state index in [0.29, 0.717) is 32.8 Å². The van der Waals surface area contributed by atoms with E-state index < -0.39 is 0 Å². The Hall–Kier alpha value is -1.79. The van der Waals surface area contributed by atoms with Gasteiger partial charge in [0.25, 0.3) is 0 Å². The fourth-order valence-corrected chi connectivity index (χ4v) is 2.52. The average molecular weight is 299 g/mol. The van der Waals surface area contributed by atoms with Crippen LogP contribution in [0.25, 0.3) is 0 Å². The van der Waals surface area contributed by atoms with Gasteiger partial charge in [0.15, 0.2) is 0 Å². The molecule has 0 aromatic heterocycles. The number of carbonyl (C=O) groups excluding carboxylic acids is 3.